The average Bonchev–Trinajstić information content (AvgIpc) is 2.55. The maximum absolute atomic E-state index is 12.4. The summed E-state index contributed by atoms with van der Waals surface area (Å²) in [4.78, 5) is 12.4. The first-order chi connectivity index (χ1) is 10.5. The summed E-state index contributed by atoms with van der Waals surface area (Å²) in [5.41, 5.74) is 0.857. The Morgan fingerprint density at radius 3 is 2.86 bits per heavy atom. The molecular formula is C15H19N3O3S. The van der Waals surface area contributed by atoms with Crippen LogP contribution in [0.5, 0.6) is 0 Å². The predicted octanol–water partition coefficient (Wildman–Crippen LogP) is 1.56. The molecule has 1 heterocycles. The number of para-hydroxylation sites is 1. The number of amides is 1. The van der Waals surface area contributed by atoms with Crippen LogP contribution in [0, 0.1) is 17.2 Å². The van der Waals surface area contributed by atoms with E-state index in [9.17, 15) is 13.2 Å². The number of nitriles is 1. The molecule has 6 nitrogen and oxygen atoms in total. The molecule has 1 aromatic rings. The van der Waals surface area contributed by atoms with Crippen LogP contribution in [0.25, 0.3) is 0 Å². The van der Waals surface area contributed by atoms with Crippen LogP contribution >= 0.6 is 0 Å². The molecule has 1 fully saturated rings. The third-order valence-electron chi connectivity index (χ3n) is 3.82. The van der Waals surface area contributed by atoms with E-state index in [1.807, 2.05) is 6.07 Å². The van der Waals surface area contributed by atoms with Gasteiger partial charge in [-0.25, -0.2) is 12.7 Å². The number of carbonyl (C=O) groups is 1. The first-order valence-electron chi connectivity index (χ1n) is 7.25. The molecule has 1 saturated heterocycles. The lowest BCUT2D eigenvalue weighted by Crippen LogP contribution is -2.44. The zero-order chi connectivity index (χ0) is 16.2. The molecular weight excluding hydrogens is 302 g/mol. The Labute approximate surface area is 130 Å². The number of benzene rings is 1. The van der Waals surface area contributed by atoms with Crippen LogP contribution < -0.4 is 5.32 Å². The monoisotopic (exact) mass is 321 g/mol. The van der Waals surface area contributed by atoms with E-state index in [4.69, 9.17) is 5.26 Å². The Kier molecular flexibility index (Phi) is 5.16. The molecule has 0 spiro atoms. The van der Waals surface area contributed by atoms with Gasteiger partial charge in [-0.2, -0.15) is 5.26 Å². The van der Waals surface area contributed by atoms with Crippen LogP contribution in [0.15, 0.2) is 24.3 Å². The maximum atomic E-state index is 12.4. The van der Waals surface area contributed by atoms with Crippen molar-refractivity contribution in [1.29, 1.82) is 5.26 Å². The van der Waals surface area contributed by atoms with Gasteiger partial charge in [-0.1, -0.05) is 12.1 Å². The van der Waals surface area contributed by atoms with Crippen LogP contribution in [0.2, 0.25) is 0 Å². The molecule has 118 valence electrons. The Hall–Kier alpha value is -1.91. The lowest BCUT2D eigenvalue weighted by atomic mass is 9.98. The van der Waals surface area contributed by atoms with E-state index in [1.165, 1.54) is 4.31 Å². The van der Waals surface area contributed by atoms with Gasteiger partial charge in [0.15, 0.2) is 0 Å². The van der Waals surface area contributed by atoms with Crippen LogP contribution in [0.3, 0.4) is 0 Å². The van der Waals surface area contributed by atoms with Gasteiger partial charge < -0.3 is 5.32 Å². The molecule has 1 aliphatic rings. The van der Waals surface area contributed by atoms with Crippen molar-refractivity contribution in [2.45, 2.75) is 19.8 Å². The largest absolute Gasteiger partial charge is 0.325 e. The first-order valence-corrected chi connectivity index (χ1v) is 8.86. The van der Waals surface area contributed by atoms with Crippen molar-refractivity contribution in [2.75, 3.05) is 24.2 Å². The van der Waals surface area contributed by atoms with Crippen LogP contribution in [-0.2, 0) is 14.8 Å². The van der Waals surface area contributed by atoms with Crippen LogP contribution in [-0.4, -0.2) is 37.5 Å². The second kappa shape index (κ2) is 6.90. The molecule has 1 atom stereocenters. The number of sulfonamides is 1. The van der Waals surface area contributed by atoms with Gasteiger partial charge in [0.1, 0.15) is 6.07 Å². The fourth-order valence-corrected chi connectivity index (χ4v) is 3.70. The number of rotatable bonds is 4. The Morgan fingerprint density at radius 1 is 1.45 bits per heavy atom. The number of nitrogens with zero attached hydrogens (tertiary/aromatic N) is 2. The average molecular weight is 321 g/mol. The highest BCUT2D eigenvalue weighted by atomic mass is 32.2. The zero-order valence-corrected chi connectivity index (χ0v) is 13.3. The second-order valence-corrected chi connectivity index (χ2v) is 7.50. The van der Waals surface area contributed by atoms with Gasteiger partial charge in [0.25, 0.3) is 0 Å². The lowest BCUT2D eigenvalue weighted by molar-refractivity contribution is -0.120. The van der Waals surface area contributed by atoms with E-state index in [2.05, 4.69) is 5.32 Å². The predicted molar refractivity (Wildman–Crippen MR) is 83.5 cm³/mol. The Morgan fingerprint density at radius 2 is 2.18 bits per heavy atom. The zero-order valence-electron chi connectivity index (χ0n) is 12.4. The van der Waals surface area contributed by atoms with E-state index in [1.54, 1.807) is 31.2 Å². The van der Waals surface area contributed by atoms with Crippen molar-refractivity contribution in [1.82, 2.24) is 4.31 Å². The summed E-state index contributed by atoms with van der Waals surface area (Å²) in [5, 5.41) is 11.8. The Balaban J connectivity index is 2.08. The summed E-state index contributed by atoms with van der Waals surface area (Å²) < 4.78 is 25.3. The Bertz CT molecular complexity index is 694. The standard InChI is InChI=1S/C15H19N3O3S/c1-2-22(20,21)18-9-5-7-13(11-18)15(19)17-14-8-4-3-6-12(14)10-16/h3-4,6,8,13H,2,5,7,9,11H2,1H3,(H,17,19)/t13-/m1/s1. The molecule has 0 radical (unpaired) electrons. The number of nitrogens with one attached hydrogen (secondary N) is 1. The molecule has 1 aromatic carbocycles. The molecule has 0 aromatic heterocycles. The third-order valence-corrected chi connectivity index (χ3v) is 5.67. The smallest absolute Gasteiger partial charge is 0.228 e. The number of piperidine rings is 1. The van der Waals surface area contributed by atoms with E-state index in [0.717, 1.165) is 0 Å². The van der Waals surface area contributed by atoms with E-state index in [0.29, 0.717) is 30.6 Å². The summed E-state index contributed by atoms with van der Waals surface area (Å²) in [6, 6.07) is 8.79. The minimum atomic E-state index is -3.27. The van der Waals surface area contributed by atoms with Gasteiger partial charge in [0, 0.05) is 13.1 Å². The van der Waals surface area contributed by atoms with Crippen LogP contribution in [0.1, 0.15) is 25.3 Å². The highest BCUT2D eigenvalue weighted by Crippen LogP contribution is 2.22. The normalized spacial score (nSPS) is 19.4. The molecule has 0 unspecified atom stereocenters. The van der Waals surface area contributed by atoms with Crippen molar-refractivity contribution >= 4 is 21.6 Å². The van der Waals surface area contributed by atoms with Gasteiger partial charge in [0.05, 0.1) is 22.9 Å². The van der Waals surface area contributed by atoms with Crippen molar-refractivity contribution in [3.63, 3.8) is 0 Å². The quantitative estimate of drug-likeness (QED) is 0.911. The summed E-state index contributed by atoms with van der Waals surface area (Å²) in [5.74, 6) is -0.584. The number of anilines is 1. The van der Waals surface area contributed by atoms with Crippen molar-refractivity contribution in [3.05, 3.63) is 29.8 Å². The molecule has 0 bridgehead atoms. The summed E-state index contributed by atoms with van der Waals surface area (Å²) in [7, 11) is -3.27. The lowest BCUT2D eigenvalue weighted by Gasteiger charge is -2.30. The second-order valence-electron chi connectivity index (χ2n) is 5.24. The van der Waals surface area contributed by atoms with E-state index < -0.39 is 10.0 Å². The van der Waals surface area contributed by atoms with E-state index >= 15 is 0 Å². The maximum Gasteiger partial charge on any atom is 0.228 e. The topological polar surface area (TPSA) is 90.3 Å². The summed E-state index contributed by atoms with van der Waals surface area (Å²) in [6.07, 6.45) is 1.31. The first kappa shape index (κ1) is 16.5. The number of hydrogen-bond donors (Lipinski definition) is 1. The highest BCUT2D eigenvalue weighted by Gasteiger charge is 2.31. The highest BCUT2D eigenvalue weighted by molar-refractivity contribution is 7.89. The van der Waals surface area contributed by atoms with Crippen LogP contribution in [0.4, 0.5) is 5.69 Å². The van der Waals surface area contributed by atoms with Crippen molar-refractivity contribution < 1.29 is 13.2 Å². The van der Waals surface area contributed by atoms with Crippen molar-refractivity contribution in [3.8, 4) is 6.07 Å². The molecule has 1 N–H and O–H groups in total. The van der Waals surface area contributed by atoms with Gasteiger partial charge in [-0.15, -0.1) is 0 Å². The van der Waals surface area contributed by atoms with Crippen molar-refractivity contribution in [2.24, 2.45) is 5.92 Å². The number of hydrogen-bond acceptors (Lipinski definition) is 4. The molecule has 7 heteroatoms. The molecule has 1 aliphatic heterocycles. The minimum Gasteiger partial charge on any atom is -0.325 e. The van der Waals surface area contributed by atoms with Gasteiger partial charge in [0.2, 0.25) is 15.9 Å². The van der Waals surface area contributed by atoms with E-state index in [-0.39, 0.29) is 24.1 Å². The summed E-state index contributed by atoms with van der Waals surface area (Å²) >= 11 is 0. The number of carbonyl (C=O) groups excluding carboxylic acids is 1. The van der Waals surface area contributed by atoms with Gasteiger partial charge in [-0.3, -0.25) is 4.79 Å². The van der Waals surface area contributed by atoms with Gasteiger partial charge in [-0.05, 0) is 31.9 Å². The third kappa shape index (κ3) is 3.64. The summed E-state index contributed by atoms with van der Waals surface area (Å²) in [6.45, 7) is 2.27. The SMILES string of the molecule is CCS(=O)(=O)N1CCC[C@@H](C(=O)Nc2ccccc2C#N)C1. The molecule has 0 saturated carbocycles. The fourth-order valence-electron chi connectivity index (χ4n) is 2.52. The molecule has 22 heavy (non-hydrogen) atoms. The molecule has 1 amide bonds. The molecule has 2 rings (SSSR count). The minimum absolute atomic E-state index is 0.0403. The fraction of sp³-hybridized carbons (Fsp3) is 0.467. The van der Waals surface area contributed by atoms with Gasteiger partial charge >= 0.3 is 0 Å². The molecule has 0 aliphatic carbocycles.